The van der Waals surface area contributed by atoms with Gasteiger partial charge in [-0.2, -0.15) is 0 Å². The second kappa shape index (κ2) is 7.62. The molecule has 1 aliphatic rings. The molecule has 0 saturated carbocycles. The zero-order chi connectivity index (χ0) is 18.9. The number of hydrogen-bond donors (Lipinski definition) is 0. The van der Waals surface area contributed by atoms with Crippen LogP contribution < -0.4 is 0 Å². The Morgan fingerprint density at radius 3 is 2.82 bits per heavy atom. The molecule has 0 aliphatic carbocycles. The normalized spacial score (nSPS) is 18.0. The van der Waals surface area contributed by atoms with E-state index in [-0.39, 0.29) is 0 Å². The van der Waals surface area contributed by atoms with Gasteiger partial charge in [-0.3, -0.25) is 4.90 Å². The Bertz CT molecular complexity index is 1080. The minimum Gasteiger partial charge on any atom is -0.419 e. The molecule has 1 aliphatic heterocycles. The molecule has 0 unspecified atom stereocenters. The lowest BCUT2D eigenvalue weighted by Crippen LogP contribution is -2.33. The van der Waals surface area contributed by atoms with Crippen molar-refractivity contribution in [3.05, 3.63) is 64.5 Å². The first-order chi connectivity index (χ1) is 13.8. The summed E-state index contributed by atoms with van der Waals surface area (Å²) < 4.78 is 7.17. The third-order valence-corrected chi connectivity index (χ3v) is 6.59. The Hall–Kier alpha value is -2.28. The average Bonchev–Trinajstić information content (AvgIpc) is 3.35. The number of para-hydroxylation sites is 1. The van der Waals surface area contributed by atoms with Crippen LogP contribution in [0.4, 0.5) is 0 Å². The molecule has 3 heterocycles. The van der Waals surface area contributed by atoms with E-state index < -0.39 is 0 Å². The van der Waals surface area contributed by atoms with Gasteiger partial charge >= 0.3 is 0 Å². The second-order valence-electron chi connectivity index (χ2n) is 6.98. The fourth-order valence-corrected chi connectivity index (χ4v) is 5.08. The Balaban J connectivity index is 1.39. The standard InChI is InChI=1S/C21H19ClN4OS/c22-15-8-2-1-7-14(15)20-25-24-19(27-20)13-26-12-6-5-10-17(26)21-23-16-9-3-4-11-18(16)28-21/h1-4,7-9,11,17H,5-6,10,12-13H2/t17-/m1/s1. The smallest absolute Gasteiger partial charge is 0.249 e. The molecule has 28 heavy (non-hydrogen) atoms. The van der Waals surface area contributed by atoms with Crippen LogP contribution in [-0.4, -0.2) is 26.6 Å². The molecule has 0 bridgehead atoms. The number of piperidine rings is 1. The summed E-state index contributed by atoms with van der Waals surface area (Å²) in [5.74, 6) is 1.08. The highest BCUT2D eigenvalue weighted by Crippen LogP contribution is 2.36. The van der Waals surface area contributed by atoms with Crippen molar-refractivity contribution in [2.45, 2.75) is 31.8 Å². The molecule has 1 saturated heterocycles. The van der Waals surface area contributed by atoms with Crippen molar-refractivity contribution in [3.63, 3.8) is 0 Å². The van der Waals surface area contributed by atoms with Crippen LogP contribution in [0.15, 0.2) is 52.9 Å². The minimum atomic E-state index is 0.293. The average molecular weight is 411 g/mol. The van der Waals surface area contributed by atoms with Gasteiger partial charge < -0.3 is 4.42 Å². The molecule has 1 fully saturated rings. The van der Waals surface area contributed by atoms with Crippen molar-refractivity contribution in [2.24, 2.45) is 0 Å². The van der Waals surface area contributed by atoms with E-state index in [2.05, 4.69) is 33.3 Å². The van der Waals surface area contributed by atoms with Gasteiger partial charge in [0.05, 0.1) is 33.4 Å². The van der Waals surface area contributed by atoms with Gasteiger partial charge in [-0.05, 0) is 43.7 Å². The van der Waals surface area contributed by atoms with Crippen molar-refractivity contribution in [2.75, 3.05) is 6.54 Å². The van der Waals surface area contributed by atoms with Crippen LogP contribution in [-0.2, 0) is 6.54 Å². The first kappa shape index (κ1) is 17.8. The molecule has 1 atom stereocenters. The number of aromatic nitrogens is 3. The van der Waals surface area contributed by atoms with E-state index in [4.69, 9.17) is 21.0 Å². The summed E-state index contributed by atoms with van der Waals surface area (Å²) in [7, 11) is 0. The van der Waals surface area contributed by atoms with Crippen molar-refractivity contribution in [1.82, 2.24) is 20.1 Å². The van der Waals surface area contributed by atoms with Crippen LogP contribution in [0.25, 0.3) is 21.7 Å². The summed E-state index contributed by atoms with van der Waals surface area (Å²) in [6.45, 7) is 1.63. The van der Waals surface area contributed by atoms with E-state index in [0.717, 1.165) is 24.0 Å². The molecule has 2 aromatic carbocycles. The number of fused-ring (bicyclic) bond motifs is 1. The monoisotopic (exact) mass is 410 g/mol. The Morgan fingerprint density at radius 1 is 1.07 bits per heavy atom. The molecule has 5 rings (SSSR count). The van der Waals surface area contributed by atoms with Gasteiger partial charge in [0.1, 0.15) is 5.01 Å². The fraction of sp³-hybridized carbons (Fsp3) is 0.286. The summed E-state index contributed by atoms with van der Waals surface area (Å²) >= 11 is 8.04. The van der Waals surface area contributed by atoms with Gasteiger partial charge in [-0.25, -0.2) is 4.98 Å². The van der Waals surface area contributed by atoms with Crippen LogP contribution >= 0.6 is 22.9 Å². The third-order valence-electron chi connectivity index (χ3n) is 5.12. The van der Waals surface area contributed by atoms with Gasteiger partial charge in [-0.1, -0.05) is 42.3 Å². The van der Waals surface area contributed by atoms with Crippen LogP contribution in [0.1, 0.15) is 36.2 Å². The SMILES string of the molecule is Clc1ccccc1-c1nnc(CN2CCCC[C@@H]2c2nc3ccccc3s2)o1. The van der Waals surface area contributed by atoms with E-state index in [1.807, 2.05) is 30.3 Å². The largest absolute Gasteiger partial charge is 0.419 e. The lowest BCUT2D eigenvalue weighted by molar-refractivity contribution is 0.128. The maximum absolute atomic E-state index is 6.26. The van der Waals surface area contributed by atoms with Crippen molar-refractivity contribution >= 4 is 33.2 Å². The predicted molar refractivity (Wildman–Crippen MR) is 111 cm³/mol. The molecular formula is C21H19ClN4OS. The molecule has 142 valence electrons. The van der Waals surface area contributed by atoms with E-state index in [9.17, 15) is 0 Å². The minimum absolute atomic E-state index is 0.293. The van der Waals surface area contributed by atoms with Crippen molar-refractivity contribution < 1.29 is 4.42 Å². The van der Waals surface area contributed by atoms with E-state index in [0.29, 0.717) is 29.4 Å². The summed E-state index contributed by atoms with van der Waals surface area (Å²) in [6, 6.07) is 16.1. The lowest BCUT2D eigenvalue weighted by Gasteiger charge is -2.33. The summed E-state index contributed by atoms with van der Waals surface area (Å²) in [6.07, 6.45) is 3.49. The molecule has 5 nitrogen and oxygen atoms in total. The molecule has 0 N–H and O–H groups in total. The number of benzene rings is 2. The molecule has 0 amide bonds. The molecule has 0 radical (unpaired) electrons. The van der Waals surface area contributed by atoms with E-state index >= 15 is 0 Å². The fourth-order valence-electron chi connectivity index (χ4n) is 3.73. The maximum Gasteiger partial charge on any atom is 0.249 e. The van der Waals surface area contributed by atoms with Crippen LogP contribution in [0.3, 0.4) is 0 Å². The van der Waals surface area contributed by atoms with Gasteiger partial charge in [0.15, 0.2) is 0 Å². The second-order valence-corrected chi connectivity index (χ2v) is 8.45. The quantitative estimate of drug-likeness (QED) is 0.430. The van der Waals surface area contributed by atoms with Gasteiger partial charge in [0, 0.05) is 0 Å². The van der Waals surface area contributed by atoms with Crippen molar-refractivity contribution in [1.29, 1.82) is 0 Å². The molecule has 2 aromatic heterocycles. The molecule has 7 heteroatoms. The van der Waals surface area contributed by atoms with E-state index in [1.54, 1.807) is 11.3 Å². The Labute approximate surface area is 172 Å². The Kier molecular flexibility index (Phi) is 4.84. The highest BCUT2D eigenvalue weighted by Gasteiger charge is 2.28. The predicted octanol–water partition coefficient (Wildman–Crippen LogP) is 5.73. The number of rotatable bonds is 4. The number of thiazole rings is 1. The van der Waals surface area contributed by atoms with Crippen molar-refractivity contribution in [3.8, 4) is 11.5 Å². The first-order valence-electron chi connectivity index (χ1n) is 9.45. The summed E-state index contributed by atoms with van der Waals surface area (Å²) in [5, 5.41) is 10.3. The highest BCUT2D eigenvalue weighted by molar-refractivity contribution is 7.18. The van der Waals surface area contributed by atoms with Gasteiger partial charge in [-0.15, -0.1) is 21.5 Å². The Morgan fingerprint density at radius 2 is 1.93 bits per heavy atom. The molecule has 4 aromatic rings. The van der Waals surface area contributed by atoms with Crippen LogP contribution in [0, 0.1) is 0 Å². The number of likely N-dealkylation sites (tertiary alicyclic amines) is 1. The summed E-state index contributed by atoms with van der Waals surface area (Å²) in [4.78, 5) is 7.29. The molecule has 0 spiro atoms. The highest BCUT2D eigenvalue weighted by atomic mass is 35.5. The topological polar surface area (TPSA) is 55.1 Å². The van der Waals surface area contributed by atoms with Crippen LogP contribution in [0.5, 0.6) is 0 Å². The zero-order valence-corrected chi connectivity index (χ0v) is 16.8. The van der Waals surface area contributed by atoms with Gasteiger partial charge in [0.25, 0.3) is 0 Å². The lowest BCUT2D eigenvalue weighted by atomic mass is 10.0. The first-order valence-corrected chi connectivity index (χ1v) is 10.6. The number of hydrogen-bond acceptors (Lipinski definition) is 6. The van der Waals surface area contributed by atoms with E-state index in [1.165, 1.54) is 22.5 Å². The maximum atomic E-state index is 6.26. The summed E-state index contributed by atoms with van der Waals surface area (Å²) in [5.41, 5.74) is 1.84. The van der Waals surface area contributed by atoms with Crippen LogP contribution in [0.2, 0.25) is 5.02 Å². The number of halogens is 1. The zero-order valence-electron chi connectivity index (χ0n) is 15.2. The third kappa shape index (κ3) is 3.43. The van der Waals surface area contributed by atoms with Gasteiger partial charge in [0.2, 0.25) is 11.8 Å². The molecular weight excluding hydrogens is 392 g/mol. The number of nitrogens with zero attached hydrogens (tertiary/aromatic N) is 4.